The number of hydrogen-bond donors (Lipinski definition) is 2. The Bertz CT molecular complexity index is 994. The van der Waals surface area contributed by atoms with E-state index in [0.29, 0.717) is 19.4 Å². The molecule has 0 heterocycles. The maximum Gasteiger partial charge on any atom is 0.306 e. The molecule has 0 unspecified atom stereocenters. The highest BCUT2D eigenvalue weighted by Gasteiger charge is 2.25. The predicted molar refractivity (Wildman–Crippen MR) is 144 cm³/mol. The van der Waals surface area contributed by atoms with E-state index in [1.54, 1.807) is 17.1 Å². The number of esters is 1. The van der Waals surface area contributed by atoms with Gasteiger partial charge in [0.15, 0.2) is 0 Å². The summed E-state index contributed by atoms with van der Waals surface area (Å²) >= 11 is 0. The number of hydrogen-bond acceptors (Lipinski definition) is 5. The Labute approximate surface area is 219 Å². The van der Waals surface area contributed by atoms with Gasteiger partial charge in [-0.3, -0.25) is 14.4 Å². The number of aliphatic hydroxyl groups is 1. The minimum Gasteiger partial charge on any atom is -0.456 e. The summed E-state index contributed by atoms with van der Waals surface area (Å²) in [6.45, 7) is 7.83. The van der Waals surface area contributed by atoms with Gasteiger partial charge in [-0.1, -0.05) is 72.8 Å². The van der Waals surface area contributed by atoms with Crippen molar-refractivity contribution in [2.45, 2.75) is 44.8 Å². The molecule has 0 saturated heterocycles. The lowest BCUT2D eigenvalue weighted by atomic mass is 9.98. The van der Waals surface area contributed by atoms with Crippen LogP contribution in [0.3, 0.4) is 0 Å². The van der Waals surface area contributed by atoms with Gasteiger partial charge in [-0.05, 0) is 30.4 Å². The van der Waals surface area contributed by atoms with Crippen LogP contribution in [0.25, 0.3) is 0 Å². The molecule has 0 fully saturated rings. The molecule has 2 N–H and O–H groups in total. The first-order chi connectivity index (χ1) is 18.0. The normalized spacial score (nSPS) is 12.1. The minimum atomic E-state index is -0.648. The number of ether oxygens (including phenoxy) is 1. The van der Waals surface area contributed by atoms with E-state index >= 15 is 0 Å². The second-order valence-electron chi connectivity index (χ2n) is 8.77. The summed E-state index contributed by atoms with van der Waals surface area (Å²) in [5.74, 6) is -1.53. The molecule has 7 nitrogen and oxygen atoms in total. The first kappa shape index (κ1) is 29.5. The lowest BCUT2D eigenvalue weighted by Crippen LogP contribution is -2.39. The molecule has 2 aromatic rings. The number of carbonyl (C=O) groups excluding carboxylic acids is 3. The van der Waals surface area contributed by atoms with Gasteiger partial charge in [0, 0.05) is 25.9 Å². The third kappa shape index (κ3) is 10.8. The highest BCUT2D eigenvalue weighted by molar-refractivity contribution is 5.86. The lowest BCUT2D eigenvalue weighted by molar-refractivity contribution is -0.150. The number of unbranched alkanes of at least 4 members (excludes halogenated alkanes) is 1. The maximum atomic E-state index is 13.1. The summed E-state index contributed by atoms with van der Waals surface area (Å²) in [5, 5.41) is 12.3. The summed E-state index contributed by atoms with van der Waals surface area (Å²) in [6, 6.07) is 18.7. The monoisotopic (exact) mass is 506 g/mol. The lowest BCUT2D eigenvalue weighted by Gasteiger charge is -2.25. The van der Waals surface area contributed by atoms with E-state index in [-0.39, 0.29) is 50.3 Å². The van der Waals surface area contributed by atoms with E-state index in [0.717, 1.165) is 17.5 Å². The van der Waals surface area contributed by atoms with Crippen molar-refractivity contribution < 1.29 is 24.2 Å². The Hall–Kier alpha value is -3.71. The molecule has 2 aromatic carbocycles. The van der Waals surface area contributed by atoms with Crippen LogP contribution in [-0.2, 0) is 25.7 Å². The van der Waals surface area contributed by atoms with Crippen LogP contribution in [0.2, 0.25) is 0 Å². The van der Waals surface area contributed by atoms with Gasteiger partial charge < -0.3 is 20.1 Å². The smallest absolute Gasteiger partial charge is 0.306 e. The molecule has 2 rings (SSSR count). The first-order valence-electron chi connectivity index (χ1n) is 12.6. The molecular weight excluding hydrogens is 468 g/mol. The largest absolute Gasteiger partial charge is 0.456 e. The molecule has 2 amide bonds. The van der Waals surface area contributed by atoms with E-state index in [4.69, 9.17) is 4.74 Å². The van der Waals surface area contributed by atoms with Crippen molar-refractivity contribution in [1.29, 1.82) is 0 Å². The third-order valence-electron chi connectivity index (χ3n) is 5.88. The van der Waals surface area contributed by atoms with Crippen molar-refractivity contribution in [3.63, 3.8) is 0 Å². The average Bonchev–Trinajstić information content (AvgIpc) is 2.91. The molecule has 37 heavy (non-hydrogen) atoms. The fourth-order valence-electron chi connectivity index (χ4n) is 3.88. The summed E-state index contributed by atoms with van der Waals surface area (Å²) in [5.41, 5.74) is 1.71. The third-order valence-corrected chi connectivity index (χ3v) is 5.88. The number of carbonyl (C=O) groups is 3. The van der Waals surface area contributed by atoms with E-state index in [1.165, 1.54) is 0 Å². The van der Waals surface area contributed by atoms with Crippen LogP contribution in [0.5, 0.6) is 0 Å². The summed E-state index contributed by atoms with van der Waals surface area (Å²) in [4.78, 5) is 40.1. The Morgan fingerprint density at radius 2 is 1.68 bits per heavy atom. The van der Waals surface area contributed by atoms with Crippen LogP contribution in [0.1, 0.15) is 49.3 Å². The van der Waals surface area contributed by atoms with Gasteiger partial charge in [0.25, 0.3) is 0 Å². The highest BCUT2D eigenvalue weighted by atomic mass is 16.5. The molecule has 0 aliphatic rings. The zero-order valence-electron chi connectivity index (χ0n) is 21.4. The van der Waals surface area contributed by atoms with Gasteiger partial charge in [0.1, 0.15) is 6.10 Å². The number of nitrogens with zero attached hydrogens (tertiary/aromatic N) is 1. The molecule has 198 valence electrons. The predicted octanol–water partition coefficient (Wildman–Crippen LogP) is 4.35. The number of amides is 2. The molecule has 0 aromatic heterocycles. The zero-order chi connectivity index (χ0) is 26.9. The Kier molecular flexibility index (Phi) is 13.5. The number of nitrogens with one attached hydrogen (secondary N) is 1. The summed E-state index contributed by atoms with van der Waals surface area (Å²) in [7, 11) is 0. The standard InChI is InChI=1S/C30H38N2O5/c1-3-5-8-18-29(35)37-27(25-16-11-7-12-17-25)22-31-30(36)26(13-4-2)21-28(34)32(19-20-33)23-24-14-9-6-10-15-24/h3-4,6-7,9-12,14-17,26-27,33H,1-2,5,8,13,18-23H2,(H,31,36)/t26-,27-/m0/s1. The minimum absolute atomic E-state index is 0.0258. The molecular formula is C30H38N2O5. The molecule has 0 aliphatic heterocycles. The van der Waals surface area contributed by atoms with E-state index in [2.05, 4.69) is 18.5 Å². The SMILES string of the molecule is C=CCCCC(=O)O[C@@H](CNC(=O)[C@@H](CC=C)CC(=O)N(CCO)Cc1ccccc1)c1ccccc1. The van der Waals surface area contributed by atoms with Gasteiger partial charge in [0.05, 0.1) is 19.1 Å². The fraction of sp³-hybridized carbons (Fsp3) is 0.367. The van der Waals surface area contributed by atoms with Gasteiger partial charge >= 0.3 is 5.97 Å². The van der Waals surface area contributed by atoms with Crippen molar-refractivity contribution in [2.75, 3.05) is 19.7 Å². The van der Waals surface area contributed by atoms with E-state index < -0.39 is 12.0 Å². The van der Waals surface area contributed by atoms with Gasteiger partial charge in [-0.15, -0.1) is 13.2 Å². The molecule has 2 atom stereocenters. The molecule has 0 aliphatic carbocycles. The molecule has 0 saturated carbocycles. The van der Waals surface area contributed by atoms with Crippen LogP contribution in [0.15, 0.2) is 86.0 Å². The van der Waals surface area contributed by atoms with E-state index in [1.807, 2.05) is 60.7 Å². The molecule has 0 radical (unpaired) electrons. The van der Waals surface area contributed by atoms with Crippen molar-refractivity contribution in [2.24, 2.45) is 5.92 Å². The number of rotatable bonds is 17. The van der Waals surface area contributed by atoms with Gasteiger partial charge in [-0.25, -0.2) is 0 Å². The number of benzene rings is 2. The second-order valence-corrected chi connectivity index (χ2v) is 8.77. The second kappa shape index (κ2) is 16.9. The highest BCUT2D eigenvalue weighted by Crippen LogP contribution is 2.19. The number of aliphatic hydroxyl groups excluding tert-OH is 1. The van der Waals surface area contributed by atoms with E-state index in [9.17, 15) is 19.5 Å². The van der Waals surface area contributed by atoms with Crippen molar-refractivity contribution in [3.05, 3.63) is 97.1 Å². The summed E-state index contributed by atoms with van der Waals surface area (Å²) in [6.07, 6.45) is 4.63. The quantitative estimate of drug-likeness (QED) is 0.189. The average molecular weight is 507 g/mol. The van der Waals surface area contributed by atoms with Crippen LogP contribution in [0, 0.1) is 5.92 Å². The summed E-state index contributed by atoms with van der Waals surface area (Å²) < 4.78 is 5.68. The van der Waals surface area contributed by atoms with Crippen LogP contribution in [0.4, 0.5) is 0 Å². The van der Waals surface area contributed by atoms with Crippen LogP contribution < -0.4 is 5.32 Å². The van der Waals surface area contributed by atoms with Crippen LogP contribution in [-0.4, -0.2) is 47.5 Å². The van der Waals surface area contributed by atoms with Crippen LogP contribution >= 0.6 is 0 Å². The first-order valence-corrected chi connectivity index (χ1v) is 12.6. The van der Waals surface area contributed by atoms with Gasteiger partial charge in [0.2, 0.25) is 11.8 Å². The molecule has 0 spiro atoms. The topological polar surface area (TPSA) is 95.9 Å². The Morgan fingerprint density at radius 1 is 1.00 bits per heavy atom. The van der Waals surface area contributed by atoms with Crippen molar-refractivity contribution in [1.82, 2.24) is 10.2 Å². The Balaban J connectivity index is 2.04. The maximum absolute atomic E-state index is 13.1. The van der Waals surface area contributed by atoms with Gasteiger partial charge in [-0.2, -0.15) is 0 Å². The van der Waals surface area contributed by atoms with Crippen molar-refractivity contribution >= 4 is 17.8 Å². The number of allylic oxidation sites excluding steroid dienone is 2. The Morgan fingerprint density at radius 3 is 2.30 bits per heavy atom. The van der Waals surface area contributed by atoms with Crippen molar-refractivity contribution in [3.8, 4) is 0 Å². The molecule has 7 heteroatoms. The fourth-order valence-corrected chi connectivity index (χ4v) is 3.88. The zero-order valence-corrected chi connectivity index (χ0v) is 21.4. The molecule has 0 bridgehead atoms.